The van der Waals surface area contributed by atoms with Crippen LogP contribution in [0.4, 0.5) is 17.3 Å². The number of benzene rings is 1. The second-order valence-corrected chi connectivity index (χ2v) is 6.43. The topological polar surface area (TPSA) is 44.3 Å². The van der Waals surface area contributed by atoms with E-state index in [1.54, 1.807) is 6.33 Å². The van der Waals surface area contributed by atoms with E-state index in [1.807, 2.05) is 6.07 Å². The van der Waals surface area contributed by atoms with Gasteiger partial charge in [0.05, 0.1) is 0 Å². The second kappa shape index (κ2) is 6.57. The molecule has 1 aliphatic heterocycles. The van der Waals surface area contributed by atoms with E-state index >= 15 is 0 Å². The van der Waals surface area contributed by atoms with Crippen LogP contribution in [0.2, 0.25) is 0 Å². The number of nitrogens with one attached hydrogen (secondary N) is 1. The van der Waals surface area contributed by atoms with E-state index in [4.69, 9.17) is 0 Å². The van der Waals surface area contributed by atoms with E-state index in [2.05, 4.69) is 79.0 Å². The molecule has 1 aromatic carbocycles. The van der Waals surface area contributed by atoms with Gasteiger partial charge in [0.1, 0.15) is 18.0 Å². The second-order valence-electron chi connectivity index (χ2n) is 5.18. The van der Waals surface area contributed by atoms with Crippen LogP contribution < -0.4 is 10.2 Å². The molecule has 110 valence electrons. The first-order valence-electron chi connectivity index (χ1n) is 6.99. The van der Waals surface area contributed by atoms with Crippen LogP contribution >= 0.6 is 22.6 Å². The predicted molar refractivity (Wildman–Crippen MR) is 94.2 cm³/mol. The number of nitrogens with zero attached hydrogens (tertiary/aromatic N) is 4. The Labute approximate surface area is 138 Å². The molecule has 1 aromatic heterocycles. The van der Waals surface area contributed by atoms with Crippen LogP contribution in [0.5, 0.6) is 0 Å². The van der Waals surface area contributed by atoms with Crippen molar-refractivity contribution in [1.82, 2.24) is 14.9 Å². The normalized spacial score (nSPS) is 16.0. The van der Waals surface area contributed by atoms with Crippen molar-refractivity contribution in [3.63, 3.8) is 0 Å². The van der Waals surface area contributed by atoms with Gasteiger partial charge in [0, 0.05) is 41.5 Å². The van der Waals surface area contributed by atoms with Crippen molar-refractivity contribution in [2.24, 2.45) is 0 Å². The average molecular weight is 395 g/mol. The molecule has 1 aliphatic rings. The molecule has 0 unspecified atom stereocenters. The Balaban J connectivity index is 1.72. The monoisotopic (exact) mass is 395 g/mol. The fraction of sp³-hybridized carbons (Fsp3) is 0.333. The van der Waals surface area contributed by atoms with E-state index in [0.29, 0.717) is 0 Å². The lowest BCUT2D eigenvalue weighted by molar-refractivity contribution is 0.312. The molecule has 1 saturated heterocycles. The van der Waals surface area contributed by atoms with Crippen LogP contribution in [-0.2, 0) is 0 Å². The summed E-state index contributed by atoms with van der Waals surface area (Å²) in [6.45, 7) is 4.17. The van der Waals surface area contributed by atoms with Gasteiger partial charge in [0.25, 0.3) is 0 Å². The summed E-state index contributed by atoms with van der Waals surface area (Å²) in [7, 11) is 2.15. The molecular formula is C15H18IN5. The van der Waals surface area contributed by atoms with Crippen molar-refractivity contribution in [2.75, 3.05) is 43.4 Å². The third-order valence-corrected chi connectivity index (χ3v) is 4.32. The van der Waals surface area contributed by atoms with Gasteiger partial charge in [-0.05, 0) is 53.9 Å². The predicted octanol–water partition coefficient (Wildman–Crippen LogP) is 2.58. The molecule has 0 spiro atoms. The summed E-state index contributed by atoms with van der Waals surface area (Å²) < 4.78 is 1.22. The molecule has 1 fully saturated rings. The van der Waals surface area contributed by atoms with Gasteiger partial charge in [-0.1, -0.05) is 0 Å². The van der Waals surface area contributed by atoms with Gasteiger partial charge < -0.3 is 15.1 Å². The zero-order chi connectivity index (χ0) is 14.7. The molecule has 0 atom stereocenters. The molecule has 3 rings (SSSR count). The third kappa shape index (κ3) is 3.82. The molecule has 0 saturated carbocycles. The van der Waals surface area contributed by atoms with Crippen LogP contribution in [0.1, 0.15) is 0 Å². The number of rotatable bonds is 3. The number of anilines is 3. The lowest BCUT2D eigenvalue weighted by Gasteiger charge is -2.33. The highest BCUT2D eigenvalue weighted by atomic mass is 127. The van der Waals surface area contributed by atoms with E-state index < -0.39 is 0 Å². The van der Waals surface area contributed by atoms with Gasteiger partial charge in [-0.2, -0.15) is 0 Å². The van der Waals surface area contributed by atoms with Crippen molar-refractivity contribution >= 4 is 39.9 Å². The standard InChI is InChI=1S/C15H18IN5/c1-20-6-8-21(9-7-20)15-10-14(17-11-18-15)19-13-4-2-12(16)3-5-13/h2-5,10-11H,6-9H2,1H3,(H,17,18,19). The van der Waals surface area contributed by atoms with Crippen molar-refractivity contribution in [3.05, 3.63) is 40.2 Å². The summed E-state index contributed by atoms with van der Waals surface area (Å²) in [4.78, 5) is 13.3. The Hall–Kier alpha value is -1.41. The first-order valence-corrected chi connectivity index (χ1v) is 8.07. The minimum Gasteiger partial charge on any atom is -0.354 e. The quantitative estimate of drug-likeness (QED) is 0.810. The van der Waals surface area contributed by atoms with Crippen molar-refractivity contribution in [3.8, 4) is 0 Å². The lowest BCUT2D eigenvalue weighted by Crippen LogP contribution is -2.44. The minimum atomic E-state index is 0.833. The number of likely N-dealkylation sites (N-methyl/N-ethyl adjacent to an activating group) is 1. The van der Waals surface area contributed by atoms with Crippen LogP contribution in [0, 0.1) is 3.57 Å². The van der Waals surface area contributed by atoms with Crippen LogP contribution in [-0.4, -0.2) is 48.1 Å². The van der Waals surface area contributed by atoms with Gasteiger partial charge >= 0.3 is 0 Å². The maximum absolute atomic E-state index is 4.40. The van der Waals surface area contributed by atoms with Crippen LogP contribution in [0.3, 0.4) is 0 Å². The molecule has 0 radical (unpaired) electrons. The molecule has 0 amide bonds. The highest BCUT2D eigenvalue weighted by molar-refractivity contribution is 14.1. The fourth-order valence-electron chi connectivity index (χ4n) is 2.30. The Morgan fingerprint density at radius 3 is 2.48 bits per heavy atom. The van der Waals surface area contributed by atoms with Crippen molar-refractivity contribution in [2.45, 2.75) is 0 Å². The zero-order valence-corrected chi connectivity index (χ0v) is 14.1. The van der Waals surface area contributed by atoms with Gasteiger partial charge in [-0.25, -0.2) is 9.97 Å². The SMILES string of the molecule is CN1CCN(c2cc(Nc3ccc(I)cc3)ncn2)CC1. The van der Waals surface area contributed by atoms with Gasteiger partial charge in [-0.15, -0.1) is 0 Å². The van der Waals surface area contributed by atoms with E-state index in [9.17, 15) is 0 Å². The number of halogens is 1. The summed E-state index contributed by atoms with van der Waals surface area (Å²) in [5.74, 6) is 1.83. The molecule has 5 nitrogen and oxygen atoms in total. The molecule has 1 N–H and O–H groups in total. The molecule has 2 heterocycles. The Kier molecular flexibility index (Phi) is 4.54. The highest BCUT2D eigenvalue weighted by Gasteiger charge is 2.15. The largest absolute Gasteiger partial charge is 0.354 e. The van der Waals surface area contributed by atoms with Gasteiger partial charge in [-0.3, -0.25) is 0 Å². The lowest BCUT2D eigenvalue weighted by atomic mass is 10.3. The first-order chi connectivity index (χ1) is 10.2. The van der Waals surface area contributed by atoms with Crippen molar-refractivity contribution in [1.29, 1.82) is 0 Å². The summed E-state index contributed by atoms with van der Waals surface area (Å²) in [6.07, 6.45) is 1.63. The maximum atomic E-state index is 4.40. The van der Waals surface area contributed by atoms with E-state index in [0.717, 1.165) is 43.5 Å². The van der Waals surface area contributed by atoms with Crippen LogP contribution in [0.15, 0.2) is 36.7 Å². The number of aromatic nitrogens is 2. The smallest absolute Gasteiger partial charge is 0.135 e. The molecule has 21 heavy (non-hydrogen) atoms. The maximum Gasteiger partial charge on any atom is 0.135 e. The van der Waals surface area contributed by atoms with E-state index in [-0.39, 0.29) is 0 Å². The molecule has 6 heteroatoms. The highest BCUT2D eigenvalue weighted by Crippen LogP contribution is 2.20. The van der Waals surface area contributed by atoms with Crippen LogP contribution in [0.25, 0.3) is 0 Å². The third-order valence-electron chi connectivity index (χ3n) is 3.60. The minimum absolute atomic E-state index is 0.833. The molecule has 0 aliphatic carbocycles. The molecule has 0 bridgehead atoms. The molecular weight excluding hydrogens is 377 g/mol. The average Bonchev–Trinajstić information content (AvgIpc) is 2.51. The first kappa shape index (κ1) is 14.5. The summed E-state index contributed by atoms with van der Waals surface area (Å²) in [6, 6.07) is 10.3. The van der Waals surface area contributed by atoms with Gasteiger partial charge in [0.2, 0.25) is 0 Å². The Morgan fingerprint density at radius 2 is 1.76 bits per heavy atom. The van der Waals surface area contributed by atoms with E-state index in [1.165, 1.54) is 3.57 Å². The zero-order valence-electron chi connectivity index (χ0n) is 12.0. The fourth-order valence-corrected chi connectivity index (χ4v) is 2.66. The van der Waals surface area contributed by atoms with Gasteiger partial charge in [0.15, 0.2) is 0 Å². The summed E-state index contributed by atoms with van der Waals surface area (Å²) in [5.41, 5.74) is 1.04. The Bertz CT molecular complexity index is 593. The number of hydrogen-bond acceptors (Lipinski definition) is 5. The summed E-state index contributed by atoms with van der Waals surface area (Å²) in [5, 5.41) is 3.33. The van der Waals surface area contributed by atoms with Crippen molar-refractivity contribution < 1.29 is 0 Å². The summed E-state index contributed by atoms with van der Waals surface area (Å²) >= 11 is 2.30. The molecule has 2 aromatic rings. The Morgan fingerprint density at radius 1 is 1.05 bits per heavy atom. The number of hydrogen-bond donors (Lipinski definition) is 1. The number of piperazine rings is 1.